The van der Waals surface area contributed by atoms with E-state index in [4.69, 9.17) is 0 Å². The third kappa shape index (κ3) is 2.33. The van der Waals surface area contributed by atoms with Crippen molar-refractivity contribution >= 4 is 32.6 Å². The molecule has 0 saturated carbocycles. The van der Waals surface area contributed by atoms with Gasteiger partial charge in [0.25, 0.3) is 5.91 Å². The largest absolute Gasteiger partial charge is 0.505 e. The SMILES string of the molecule is Cc1ccc2nc(NC(=O)c3ncccc3O)sc2c1. The molecule has 0 fully saturated rings. The average molecular weight is 285 g/mol. The van der Waals surface area contributed by atoms with E-state index in [0.29, 0.717) is 5.13 Å². The molecule has 6 heteroatoms. The fourth-order valence-corrected chi connectivity index (χ4v) is 2.77. The van der Waals surface area contributed by atoms with Gasteiger partial charge >= 0.3 is 0 Å². The summed E-state index contributed by atoms with van der Waals surface area (Å²) in [5.74, 6) is -0.624. The first kappa shape index (κ1) is 12.6. The molecule has 20 heavy (non-hydrogen) atoms. The van der Waals surface area contributed by atoms with E-state index in [9.17, 15) is 9.90 Å². The Kier molecular flexibility index (Phi) is 3.08. The van der Waals surface area contributed by atoms with Crippen LogP contribution in [0.5, 0.6) is 5.75 Å². The fourth-order valence-electron chi connectivity index (χ4n) is 1.81. The van der Waals surface area contributed by atoms with Gasteiger partial charge in [0.2, 0.25) is 0 Å². The number of thiazole rings is 1. The van der Waals surface area contributed by atoms with Crippen LogP contribution in [0.4, 0.5) is 5.13 Å². The first-order chi connectivity index (χ1) is 9.63. The van der Waals surface area contributed by atoms with Gasteiger partial charge in [0.15, 0.2) is 10.8 Å². The third-order valence-electron chi connectivity index (χ3n) is 2.77. The quantitative estimate of drug-likeness (QED) is 0.759. The predicted octanol–water partition coefficient (Wildman–Crippen LogP) is 2.96. The monoisotopic (exact) mass is 285 g/mol. The second-order valence-corrected chi connectivity index (χ2v) is 5.35. The average Bonchev–Trinajstić information content (AvgIpc) is 2.80. The minimum atomic E-state index is -0.473. The summed E-state index contributed by atoms with van der Waals surface area (Å²) in [6, 6.07) is 8.88. The molecular weight excluding hydrogens is 274 g/mol. The van der Waals surface area contributed by atoms with Gasteiger partial charge in [-0.1, -0.05) is 17.4 Å². The number of anilines is 1. The topological polar surface area (TPSA) is 75.1 Å². The maximum atomic E-state index is 12.0. The van der Waals surface area contributed by atoms with Gasteiger partial charge in [-0.2, -0.15) is 0 Å². The summed E-state index contributed by atoms with van der Waals surface area (Å²) in [6.45, 7) is 2.00. The Morgan fingerprint density at radius 3 is 3.00 bits per heavy atom. The van der Waals surface area contributed by atoms with Gasteiger partial charge in [-0.3, -0.25) is 10.1 Å². The number of aromatic hydroxyl groups is 1. The van der Waals surface area contributed by atoms with Crippen molar-refractivity contribution in [1.82, 2.24) is 9.97 Å². The maximum absolute atomic E-state index is 12.0. The second-order valence-electron chi connectivity index (χ2n) is 4.32. The van der Waals surface area contributed by atoms with E-state index >= 15 is 0 Å². The molecular formula is C14H11N3O2S. The molecule has 0 atom stereocenters. The van der Waals surface area contributed by atoms with Crippen molar-refractivity contribution < 1.29 is 9.90 Å². The van der Waals surface area contributed by atoms with Crippen molar-refractivity contribution in [2.24, 2.45) is 0 Å². The van der Waals surface area contributed by atoms with Crippen LogP contribution in [0.1, 0.15) is 16.1 Å². The number of pyridine rings is 1. The van der Waals surface area contributed by atoms with Gasteiger partial charge in [-0.05, 0) is 36.8 Å². The highest BCUT2D eigenvalue weighted by Gasteiger charge is 2.14. The van der Waals surface area contributed by atoms with Gasteiger partial charge in [0.05, 0.1) is 10.2 Å². The Hall–Kier alpha value is -2.47. The van der Waals surface area contributed by atoms with Gasteiger partial charge < -0.3 is 5.11 Å². The van der Waals surface area contributed by atoms with Crippen LogP contribution in [0.3, 0.4) is 0 Å². The standard InChI is InChI=1S/C14H11N3O2S/c1-8-4-5-9-11(7-8)20-14(16-9)17-13(19)12-10(18)3-2-6-15-12/h2-7,18H,1H3,(H,16,17,19). The van der Waals surface area contributed by atoms with E-state index in [1.165, 1.54) is 23.6 Å². The number of benzene rings is 1. The highest BCUT2D eigenvalue weighted by molar-refractivity contribution is 7.22. The van der Waals surface area contributed by atoms with Crippen LogP contribution in [0.25, 0.3) is 10.2 Å². The molecule has 5 nitrogen and oxygen atoms in total. The van der Waals surface area contributed by atoms with Crippen LogP contribution in [-0.4, -0.2) is 21.0 Å². The van der Waals surface area contributed by atoms with Crippen LogP contribution in [0.2, 0.25) is 0 Å². The zero-order chi connectivity index (χ0) is 14.1. The van der Waals surface area contributed by atoms with Crippen molar-refractivity contribution in [2.45, 2.75) is 6.92 Å². The fraction of sp³-hybridized carbons (Fsp3) is 0.0714. The maximum Gasteiger partial charge on any atom is 0.279 e. The van der Waals surface area contributed by atoms with E-state index in [-0.39, 0.29) is 11.4 Å². The minimum Gasteiger partial charge on any atom is -0.505 e. The van der Waals surface area contributed by atoms with Crippen LogP contribution in [0.15, 0.2) is 36.5 Å². The van der Waals surface area contributed by atoms with Crippen LogP contribution in [0, 0.1) is 6.92 Å². The van der Waals surface area contributed by atoms with Crippen molar-refractivity contribution in [2.75, 3.05) is 5.32 Å². The highest BCUT2D eigenvalue weighted by Crippen LogP contribution is 2.27. The predicted molar refractivity (Wildman–Crippen MR) is 78.2 cm³/mol. The highest BCUT2D eigenvalue weighted by atomic mass is 32.1. The number of aryl methyl sites for hydroxylation is 1. The van der Waals surface area contributed by atoms with E-state index in [1.807, 2.05) is 25.1 Å². The molecule has 1 aromatic carbocycles. The van der Waals surface area contributed by atoms with Crippen molar-refractivity contribution in [1.29, 1.82) is 0 Å². The zero-order valence-electron chi connectivity index (χ0n) is 10.6. The summed E-state index contributed by atoms with van der Waals surface area (Å²) >= 11 is 1.39. The van der Waals surface area contributed by atoms with E-state index in [0.717, 1.165) is 15.8 Å². The Balaban J connectivity index is 1.89. The molecule has 0 aliphatic rings. The molecule has 0 aliphatic heterocycles. The number of carbonyl (C=O) groups excluding carboxylic acids is 1. The lowest BCUT2D eigenvalue weighted by Gasteiger charge is -2.01. The summed E-state index contributed by atoms with van der Waals surface area (Å²) in [7, 11) is 0. The molecule has 2 heterocycles. The van der Waals surface area contributed by atoms with E-state index in [1.54, 1.807) is 6.07 Å². The Bertz CT molecular complexity index is 798. The number of aromatic nitrogens is 2. The van der Waals surface area contributed by atoms with Crippen LogP contribution in [-0.2, 0) is 0 Å². The first-order valence-electron chi connectivity index (χ1n) is 5.96. The first-order valence-corrected chi connectivity index (χ1v) is 6.77. The Morgan fingerprint density at radius 1 is 1.35 bits per heavy atom. The van der Waals surface area contributed by atoms with E-state index < -0.39 is 5.91 Å². The van der Waals surface area contributed by atoms with Crippen molar-refractivity contribution in [3.05, 3.63) is 47.8 Å². The number of rotatable bonds is 2. The van der Waals surface area contributed by atoms with Gasteiger partial charge in [-0.25, -0.2) is 9.97 Å². The van der Waals surface area contributed by atoms with Gasteiger partial charge in [0, 0.05) is 6.20 Å². The molecule has 3 aromatic rings. The number of fused-ring (bicyclic) bond motifs is 1. The number of hydrogen-bond acceptors (Lipinski definition) is 5. The number of amides is 1. The molecule has 0 saturated heterocycles. The zero-order valence-corrected chi connectivity index (χ0v) is 11.4. The molecule has 100 valence electrons. The van der Waals surface area contributed by atoms with Crippen LogP contribution < -0.4 is 5.32 Å². The number of carbonyl (C=O) groups is 1. The number of nitrogens with one attached hydrogen (secondary N) is 1. The Morgan fingerprint density at radius 2 is 2.20 bits per heavy atom. The van der Waals surface area contributed by atoms with E-state index in [2.05, 4.69) is 15.3 Å². The lowest BCUT2D eigenvalue weighted by Crippen LogP contribution is -2.13. The molecule has 0 radical (unpaired) electrons. The second kappa shape index (κ2) is 4.90. The lowest BCUT2D eigenvalue weighted by atomic mass is 10.2. The number of nitrogens with zero attached hydrogens (tertiary/aromatic N) is 2. The molecule has 3 rings (SSSR count). The van der Waals surface area contributed by atoms with Crippen molar-refractivity contribution in [3.63, 3.8) is 0 Å². The molecule has 0 aliphatic carbocycles. The minimum absolute atomic E-state index is 0.0112. The summed E-state index contributed by atoms with van der Waals surface area (Å²) < 4.78 is 1.01. The normalized spacial score (nSPS) is 10.7. The number of hydrogen-bond donors (Lipinski definition) is 2. The molecule has 0 unspecified atom stereocenters. The smallest absolute Gasteiger partial charge is 0.279 e. The molecule has 0 spiro atoms. The molecule has 0 bridgehead atoms. The van der Waals surface area contributed by atoms with Gasteiger partial charge in [0.1, 0.15) is 5.75 Å². The van der Waals surface area contributed by atoms with Crippen molar-refractivity contribution in [3.8, 4) is 5.75 Å². The summed E-state index contributed by atoms with van der Waals surface area (Å²) in [5.41, 5.74) is 1.96. The summed E-state index contributed by atoms with van der Waals surface area (Å²) in [6.07, 6.45) is 1.45. The summed E-state index contributed by atoms with van der Waals surface area (Å²) in [5, 5.41) is 12.7. The van der Waals surface area contributed by atoms with Crippen LogP contribution >= 0.6 is 11.3 Å². The third-order valence-corrected chi connectivity index (χ3v) is 3.70. The molecule has 2 aromatic heterocycles. The Labute approximate surface area is 118 Å². The van der Waals surface area contributed by atoms with Gasteiger partial charge in [-0.15, -0.1) is 0 Å². The summed E-state index contributed by atoms with van der Waals surface area (Å²) in [4.78, 5) is 20.2. The molecule has 1 amide bonds. The lowest BCUT2D eigenvalue weighted by molar-refractivity contribution is 0.101. The molecule has 2 N–H and O–H groups in total.